The summed E-state index contributed by atoms with van der Waals surface area (Å²) in [6.07, 6.45) is -0.221. The average Bonchev–Trinajstić information content (AvgIpc) is 2.58. The highest BCUT2D eigenvalue weighted by atomic mass is 16.7. The molecule has 0 spiro atoms. The molecule has 1 aliphatic rings. The van der Waals surface area contributed by atoms with Crippen LogP contribution in [0.4, 0.5) is 5.69 Å². The third-order valence-corrected chi connectivity index (χ3v) is 2.33. The first-order valence-corrected chi connectivity index (χ1v) is 4.77. The Kier molecular flexibility index (Phi) is 2.57. The van der Waals surface area contributed by atoms with Crippen molar-refractivity contribution in [3.63, 3.8) is 0 Å². The summed E-state index contributed by atoms with van der Waals surface area (Å²) in [4.78, 5) is 19.6. The van der Waals surface area contributed by atoms with Crippen LogP contribution in [0.2, 0.25) is 0 Å². The summed E-state index contributed by atoms with van der Waals surface area (Å²) in [6.45, 7) is 1.77. The van der Waals surface area contributed by atoms with Crippen LogP contribution in [0, 0.1) is 10.1 Å². The van der Waals surface area contributed by atoms with Crippen molar-refractivity contribution in [2.75, 3.05) is 7.05 Å². The van der Waals surface area contributed by atoms with Gasteiger partial charge in [-0.05, 0) is 17.7 Å². The molecule has 1 unspecified atom stereocenters. The maximum absolute atomic E-state index is 10.5. The summed E-state index contributed by atoms with van der Waals surface area (Å²) in [5.41, 5.74) is 0.941. The molecule has 0 fully saturated rings. The number of non-ortho nitro benzene ring substituents is 1. The van der Waals surface area contributed by atoms with Gasteiger partial charge in [-0.25, -0.2) is 4.99 Å². The first-order valence-electron chi connectivity index (χ1n) is 4.77. The Morgan fingerprint density at radius 1 is 1.44 bits per heavy atom. The third kappa shape index (κ3) is 1.87. The lowest BCUT2D eigenvalue weighted by Gasteiger charge is -2.15. The number of hydrogen-bond acceptors (Lipinski definition) is 5. The van der Waals surface area contributed by atoms with Crippen molar-refractivity contribution in [2.45, 2.75) is 13.1 Å². The van der Waals surface area contributed by atoms with Gasteiger partial charge in [0.2, 0.25) is 5.90 Å². The smallest absolute Gasteiger partial charge is 0.269 e. The highest BCUT2D eigenvalue weighted by Crippen LogP contribution is 2.27. The van der Waals surface area contributed by atoms with Crippen molar-refractivity contribution in [3.8, 4) is 0 Å². The van der Waals surface area contributed by atoms with Crippen LogP contribution in [0.1, 0.15) is 18.7 Å². The standard InChI is InChI=1S/C10H11N3O3/c1-7-11-10(12(2)16-7)8-3-5-9(6-4-8)13(14)15/h3-6,10H,1-2H3. The molecule has 0 saturated carbocycles. The number of benzene rings is 1. The number of hydrogen-bond donors (Lipinski definition) is 0. The minimum absolute atomic E-state index is 0.0750. The summed E-state index contributed by atoms with van der Waals surface area (Å²) in [5, 5.41) is 12.1. The molecule has 84 valence electrons. The van der Waals surface area contributed by atoms with Gasteiger partial charge < -0.3 is 4.84 Å². The van der Waals surface area contributed by atoms with E-state index in [2.05, 4.69) is 4.99 Å². The number of hydroxylamine groups is 2. The molecule has 1 atom stereocenters. The number of nitro groups is 1. The molecule has 0 saturated heterocycles. The number of aliphatic imine (C=N–C) groups is 1. The fourth-order valence-electron chi connectivity index (χ4n) is 1.59. The van der Waals surface area contributed by atoms with Crippen LogP contribution in [0.25, 0.3) is 0 Å². The molecule has 0 bridgehead atoms. The van der Waals surface area contributed by atoms with Gasteiger partial charge in [0.15, 0.2) is 6.17 Å². The summed E-state index contributed by atoms with van der Waals surface area (Å²) >= 11 is 0. The zero-order chi connectivity index (χ0) is 11.7. The van der Waals surface area contributed by atoms with E-state index in [1.807, 2.05) is 0 Å². The molecule has 0 amide bonds. The van der Waals surface area contributed by atoms with Gasteiger partial charge in [0.05, 0.1) is 4.92 Å². The molecule has 1 aromatic rings. The zero-order valence-corrected chi connectivity index (χ0v) is 8.95. The van der Waals surface area contributed by atoms with E-state index in [4.69, 9.17) is 4.84 Å². The molecule has 0 N–H and O–H groups in total. The minimum Gasteiger partial charge on any atom is -0.389 e. The molecule has 0 radical (unpaired) electrons. The van der Waals surface area contributed by atoms with Crippen LogP contribution in [0.3, 0.4) is 0 Å². The molecule has 16 heavy (non-hydrogen) atoms. The molecule has 1 heterocycles. The largest absolute Gasteiger partial charge is 0.389 e. The quantitative estimate of drug-likeness (QED) is 0.565. The first-order chi connectivity index (χ1) is 7.58. The predicted octanol–water partition coefficient (Wildman–Crippen LogP) is 1.89. The highest BCUT2D eigenvalue weighted by molar-refractivity contribution is 5.74. The molecule has 2 rings (SSSR count). The molecule has 0 aromatic heterocycles. The van der Waals surface area contributed by atoms with Gasteiger partial charge in [0.25, 0.3) is 5.69 Å². The van der Waals surface area contributed by atoms with E-state index < -0.39 is 4.92 Å². The summed E-state index contributed by atoms with van der Waals surface area (Å²) in [6, 6.07) is 6.30. The Labute approximate surface area is 92.3 Å². The van der Waals surface area contributed by atoms with Crippen molar-refractivity contribution in [1.29, 1.82) is 0 Å². The van der Waals surface area contributed by atoms with Gasteiger partial charge in [-0.1, -0.05) is 0 Å². The normalized spacial score (nSPS) is 20.4. The van der Waals surface area contributed by atoms with Crippen LogP contribution in [-0.2, 0) is 4.84 Å². The first kappa shape index (κ1) is 10.6. The van der Waals surface area contributed by atoms with E-state index in [-0.39, 0.29) is 11.9 Å². The minimum atomic E-state index is -0.423. The molecule has 1 aliphatic heterocycles. The maximum Gasteiger partial charge on any atom is 0.269 e. The summed E-state index contributed by atoms with van der Waals surface area (Å²) in [7, 11) is 1.77. The fourth-order valence-corrected chi connectivity index (χ4v) is 1.59. The second kappa shape index (κ2) is 3.90. The van der Waals surface area contributed by atoms with E-state index in [1.54, 1.807) is 31.2 Å². The topological polar surface area (TPSA) is 68.0 Å². The number of rotatable bonds is 2. The third-order valence-electron chi connectivity index (χ3n) is 2.33. The SMILES string of the molecule is CC1=NC(c2ccc([N+](=O)[O-])cc2)N(C)O1. The van der Waals surface area contributed by atoms with Crippen LogP contribution in [0.5, 0.6) is 0 Å². The molecule has 1 aromatic carbocycles. The second-order valence-electron chi connectivity index (χ2n) is 3.51. The van der Waals surface area contributed by atoms with Crippen LogP contribution >= 0.6 is 0 Å². The van der Waals surface area contributed by atoms with Crippen molar-refractivity contribution in [2.24, 2.45) is 4.99 Å². The van der Waals surface area contributed by atoms with Crippen molar-refractivity contribution in [3.05, 3.63) is 39.9 Å². The van der Waals surface area contributed by atoms with Gasteiger partial charge in [-0.3, -0.25) is 10.1 Å². The van der Waals surface area contributed by atoms with Crippen molar-refractivity contribution >= 4 is 11.6 Å². The molecule has 6 nitrogen and oxygen atoms in total. The second-order valence-corrected chi connectivity index (χ2v) is 3.51. The number of nitro benzene ring substituents is 1. The Morgan fingerprint density at radius 3 is 2.50 bits per heavy atom. The number of nitrogens with zero attached hydrogens (tertiary/aromatic N) is 3. The van der Waals surface area contributed by atoms with E-state index in [0.717, 1.165) is 5.56 Å². The summed E-state index contributed by atoms with van der Waals surface area (Å²) in [5.74, 6) is 0.589. The van der Waals surface area contributed by atoms with Crippen molar-refractivity contribution in [1.82, 2.24) is 5.06 Å². The van der Waals surface area contributed by atoms with Gasteiger partial charge in [0.1, 0.15) is 0 Å². The van der Waals surface area contributed by atoms with Crippen LogP contribution in [-0.4, -0.2) is 22.9 Å². The molecular weight excluding hydrogens is 210 g/mol. The van der Waals surface area contributed by atoms with E-state index >= 15 is 0 Å². The van der Waals surface area contributed by atoms with E-state index in [9.17, 15) is 10.1 Å². The lowest BCUT2D eigenvalue weighted by Crippen LogP contribution is -2.18. The van der Waals surface area contributed by atoms with Gasteiger partial charge >= 0.3 is 0 Å². The zero-order valence-electron chi connectivity index (χ0n) is 8.95. The van der Waals surface area contributed by atoms with Crippen LogP contribution < -0.4 is 0 Å². The fraction of sp³-hybridized carbons (Fsp3) is 0.300. The highest BCUT2D eigenvalue weighted by Gasteiger charge is 2.24. The van der Waals surface area contributed by atoms with Gasteiger partial charge in [-0.2, -0.15) is 0 Å². The van der Waals surface area contributed by atoms with Crippen LogP contribution in [0.15, 0.2) is 29.3 Å². The summed E-state index contributed by atoms with van der Waals surface area (Å²) < 4.78 is 0. The molecule has 0 aliphatic carbocycles. The van der Waals surface area contributed by atoms with Gasteiger partial charge in [-0.15, -0.1) is 5.06 Å². The average molecular weight is 221 g/mol. The maximum atomic E-state index is 10.5. The lowest BCUT2D eigenvalue weighted by atomic mass is 10.1. The predicted molar refractivity (Wildman–Crippen MR) is 57.8 cm³/mol. The Balaban J connectivity index is 2.25. The Bertz CT molecular complexity index is 441. The monoisotopic (exact) mass is 221 g/mol. The Hall–Kier alpha value is -1.95. The molecule has 6 heteroatoms. The van der Waals surface area contributed by atoms with Crippen molar-refractivity contribution < 1.29 is 9.76 Å². The van der Waals surface area contributed by atoms with E-state index in [1.165, 1.54) is 12.1 Å². The Morgan fingerprint density at radius 2 is 2.06 bits per heavy atom. The van der Waals surface area contributed by atoms with E-state index in [0.29, 0.717) is 5.90 Å². The molecular formula is C10H11N3O3. The van der Waals surface area contributed by atoms with Gasteiger partial charge in [0, 0.05) is 26.1 Å². The lowest BCUT2D eigenvalue weighted by molar-refractivity contribution is -0.384.